The maximum Gasteiger partial charge on any atom is 0.265 e. The second kappa shape index (κ2) is 6.47. The number of amides is 1. The highest BCUT2D eigenvalue weighted by Gasteiger charge is 2.17. The molecule has 3 rings (SSSR count). The lowest BCUT2D eigenvalue weighted by atomic mass is 10.1. The SMILES string of the molecule is CC(C)n1nnnc1-c1ccccc1NC(=O)c1ccc(Cl)s1. The molecule has 1 aromatic carbocycles. The number of tetrazole rings is 1. The number of nitrogens with one attached hydrogen (secondary N) is 1. The molecule has 0 saturated carbocycles. The second-order valence-corrected chi connectivity index (χ2v) is 6.86. The van der Waals surface area contributed by atoms with E-state index >= 15 is 0 Å². The van der Waals surface area contributed by atoms with Crippen molar-refractivity contribution in [2.75, 3.05) is 5.32 Å². The lowest BCUT2D eigenvalue weighted by Crippen LogP contribution is -2.12. The summed E-state index contributed by atoms with van der Waals surface area (Å²) in [6.07, 6.45) is 0. The highest BCUT2D eigenvalue weighted by Crippen LogP contribution is 2.28. The quantitative estimate of drug-likeness (QED) is 0.777. The third-order valence-corrected chi connectivity index (χ3v) is 4.43. The summed E-state index contributed by atoms with van der Waals surface area (Å²) >= 11 is 7.12. The van der Waals surface area contributed by atoms with Gasteiger partial charge in [0.25, 0.3) is 5.91 Å². The molecule has 0 bridgehead atoms. The Morgan fingerprint density at radius 1 is 1.26 bits per heavy atom. The van der Waals surface area contributed by atoms with E-state index in [0.717, 1.165) is 5.56 Å². The predicted molar refractivity (Wildman–Crippen MR) is 90.9 cm³/mol. The number of nitrogens with zero attached hydrogens (tertiary/aromatic N) is 4. The molecule has 0 spiro atoms. The van der Waals surface area contributed by atoms with E-state index in [0.29, 0.717) is 20.7 Å². The number of benzene rings is 1. The summed E-state index contributed by atoms with van der Waals surface area (Å²) in [5, 5.41) is 14.7. The third-order valence-electron chi connectivity index (χ3n) is 3.20. The molecule has 2 heterocycles. The van der Waals surface area contributed by atoms with Crippen LogP contribution < -0.4 is 5.32 Å². The van der Waals surface area contributed by atoms with Gasteiger partial charge < -0.3 is 5.32 Å². The van der Waals surface area contributed by atoms with Gasteiger partial charge in [0.15, 0.2) is 5.82 Å². The van der Waals surface area contributed by atoms with Crippen LogP contribution in [0, 0.1) is 0 Å². The van der Waals surface area contributed by atoms with E-state index in [1.165, 1.54) is 11.3 Å². The Kier molecular flexibility index (Phi) is 4.40. The van der Waals surface area contributed by atoms with E-state index in [4.69, 9.17) is 11.6 Å². The van der Waals surface area contributed by atoms with Crippen molar-refractivity contribution in [3.8, 4) is 11.4 Å². The van der Waals surface area contributed by atoms with Gasteiger partial charge in [-0.25, -0.2) is 4.68 Å². The number of anilines is 1. The molecular weight excluding hydrogens is 334 g/mol. The average Bonchev–Trinajstić information content (AvgIpc) is 3.16. The van der Waals surface area contributed by atoms with E-state index in [1.54, 1.807) is 16.8 Å². The van der Waals surface area contributed by atoms with Crippen molar-refractivity contribution in [1.29, 1.82) is 0 Å². The number of carbonyl (C=O) groups excluding carboxylic acids is 1. The molecule has 0 fully saturated rings. The molecule has 0 saturated heterocycles. The Morgan fingerprint density at radius 2 is 2.04 bits per heavy atom. The molecule has 118 valence electrons. The lowest BCUT2D eigenvalue weighted by Gasteiger charge is -2.12. The Hall–Kier alpha value is -2.25. The Balaban J connectivity index is 1.95. The van der Waals surface area contributed by atoms with E-state index in [2.05, 4.69) is 20.8 Å². The van der Waals surface area contributed by atoms with Crippen molar-refractivity contribution >= 4 is 34.5 Å². The normalized spacial score (nSPS) is 11.0. The number of carbonyl (C=O) groups is 1. The molecule has 0 atom stereocenters. The molecule has 0 unspecified atom stereocenters. The Morgan fingerprint density at radius 3 is 2.74 bits per heavy atom. The predicted octanol–water partition coefficient (Wildman–Crippen LogP) is 3.89. The number of thiophene rings is 1. The minimum absolute atomic E-state index is 0.111. The summed E-state index contributed by atoms with van der Waals surface area (Å²) in [4.78, 5) is 12.9. The van der Waals surface area contributed by atoms with Crippen LogP contribution in [-0.2, 0) is 0 Å². The zero-order valence-corrected chi connectivity index (χ0v) is 14.1. The minimum Gasteiger partial charge on any atom is -0.321 e. The molecule has 3 aromatic rings. The molecule has 8 heteroatoms. The molecule has 23 heavy (non-hydrogen) atoms. The van der Waals surface area contributed by atoms with Gasteiger partial charge in [0.05, 0.1) is 20.9 Å². The van der Waals surface area contributed by atoms with Crippen molar-refractivity contribution < 1.29 is 4.79 Å². The van der Waals surface area contributed by atoms with Crippen LogP contribution in [0.25, 0.3) is 11.4 Å². The summed E-state index contributed by atoms with van der Waals surface area (Å²) in [6.45, 7) is 3.99. The molecule has 0 aliphatic rings. The van der Waals surface area contributed by atoms with Crippen LogP contribution in [0.15, 0.2) is 36.4 Å². The highest BCUT2D eigenvalue weighted by molar-refractivity contribution is 7.18. The Labute approximate surface area is 142 Å². The van der Waals surface area contributed by atoms with E-state index in [-0.39, 0.29) is 11.9 Å². The first-order chi connectivity index (χ1) is 11.1. The number of hydrogen-bond acceptors (Lipinski definition) is 5. The van der Waals surface area contributed by atoms with Gasteiger partial charge in [0, 0.05) is 5.56 Å². The topological polar surface area (TPSA) is 72.7 Å². The summed E-state index contributed by atoms with van der Waals surface area (Å²) in [6, 6.07) is 10.9. The van der Waals surface area contributed by atoms with Crippen molar-refractivity contribution in [3.05, 3.63) is 45.6 Å². The zero-order chi connectivity index (χ0) is 16.4. The largest absolute Gasteiger partial charge is 0.321 e. The van der Waals surface area contributed by atoms with E-state index in [9.17, 15) is 4.79 Å². The third kappa shape index (κ3) is 3.25. The monoisotopic (exact) mass is 347 g/mol. The first-order valence-corrected chi connectivity index (χ1v) is 8.19. The fraction of sp³-hybridized carbons (Fsp3) is 0.200. The van der Waals surface area contributed by atoms with Gasteiger partial charge in [0.2, 0.25) is 0 Å². The van der Waals surface area contributed by atoms with Gasteiger partial charge in [-0.3, -0.25) is 4.79 Å². The molecule has 0 aliphatic heterocycles. The van der Waals surface area contributed by atoms with Gasteiger partial charge in [-0.05, 0) is 48.5 Å². The van der Waals surface area contributed by atoms with Gasteiger partial charge in [-0.15, -0.1) is 16.4 Å². The molecule has 0 radical (unpaired) electrons. The molecule has 6 nitrogen and oxygen atoms in total. The van der Waals surface area contributed by atoms with Crippen molar-refractivity contribution in [1.82, 2.24) is 20.2 Å². The molecular formula is C15H14ClN5OS. The molecule has 1 N–H and O–H groups in total. The number of para-hydroxylation sites is 1. The number of halogens is 1. The average molecular weight is 348 g/mol. The summed E-state index contributed by atoms with van der Waals surface area (Å²) in [5.74, 6) is 0.401. The van der Waals surface area contributed by atoms with Crippen LogP contribution in [0.1, 0.15) is 29.6 Å². The smallest absolute Gasteiger partial charge is 0.265 e. The highest BCUT2D eigenvalue weighted by atomic mass is 35.5. The first-order valence-electron chi connectivity index (χ1n) is 7.00. The van der Waals surface area contributed by atoms with Crippen LogP contribution in [0.2, 0.25) is 4.34 Å². The Bertz CT molecular complexity index is 842. The minimum atomic E-state index is -0.210. The maximum atomic E-state index is 12.4. The van der Waals surface area contributed by atoms with Crippen LogP contribution >= 0.6 is 22.9 Å². The fourth-order valence-electron chi connectivity index (χ4n) is 2.13. The molecule has 1 amide bonds. The van der Waals surface area contributed by atoms with Crippen molar-refractivity contribution in [2.24, 2.45) is 0 Å². The van der Waals surface area contributed by atoms with Gasteiger partial charge in [-0.2, -0.15) is 0 Å². The van der Waals surface area contributed by atoms with Crippen molar-refractivity contribution in [3.63, 3.8) is 0 Å². The standard InChI is InChI=1S/C15H14ClN5OS/c1-9(2)21-14(18-19-20-21)10-5-3-4-6-11(10)17-15(22)12-7-8-13(16)23-12/h3-9H,1-2H3,(H,17,22). The number of rotatable bonds is 4. The van der Waals surface area contributed by atoms with Crippen LogP contribution in [0.4, 0.5) is 5.69 Å². The summed E-state index contributed by atoms with van der Waals surface area (Å²) < 4.78 is 2.29. The first kappa shape index (κ1) is 15.6. The zero-order valence-electron chi connectivity index (χ0n) is 12.5. The van der Waals surface area contributed by atoms with Crippen LogP contribution in [0.3, 0.4) is 0 Å². The molecule has 2 aromatic heterocycles. The number of aromatic nitrogens is 4. The van der Waals surface area contributed by atoms with E-state index < -0.39 is 0 Å². The van der Waals surface area contributed by atoms with Crippen molar-refractivity contribution in [2.45, 2.75) is 19.9 Å². The number of hydrogen-bond donors (Lipinski definition) is 1. The van der Waals surface area contributed by atoms with Crippen LogP contribution in [-0.4, -0.2) is 26.1 Å². The van der Waals surface area contributed by atoms with Gasteiger partial charge >= 0.3 is 0 Å². The van der Waals surface area contributed by atoms with Crippen LogP contribution in [0.5, 0.6) is 0 Å². The van der Waals surface area contributed by atoms with Gasteiger partial charge in [0.1, 0.15) is 0 Å². The van der Waals surface area contributed by atoms with E-state index in [1.807, 2.05) is 38.1 Å². The second-order valence-electron chi connectivity index (χ2n) is 5.14. The van der Waals surface area contributed by atoms with Gasteiger partial charge in [-0.1, -0.05) is 23.7 Å². The maximum absolute atomic E-state index is 12.4. The summed E-state index contributed by atoms with van der Waals surface area (Å²) in [5.41, 5.74) is 1.42. The molecule has 0 aliphatic carbocycles. The summed E-state index contributed by atoms with van der Waals surface area (Å²) in [7, 11) is 0. The lowest BCUT2D eigenvalue weighted by molar-refractivity contribution is 0.103. The fourth-order valence-corrected chi connectivity index (χ4v) is 3.06.